The summed E-state index contributed by atoms with van der Waals surface area (Å²) in [4.78, 5) is 2.25. The first kappa shape index (κ1) is 16.0. The third-order valence-corrected chi connectivity index (χ3v) is 3.82. The van der Waals surface area contributed by atoms with E-state index in [4.69, 9.17) is 9.84 Å². The van der Waals surface area contributed by atoms with Gasteiger partial charge in [0.2, 0.25) is 0 Å². The standard InChI is InChI=1S/C17H22FNO2/c1-13-17(8-10-21-13)19(2)12-14-6-7-16(18)15(11-14)5-3-4-9-20/h6-7,11,13,17,20H,4,8-10,12H2,1-2H3. The molecular formula is C17H22FNO2. The molecule has 1 N–H and O–H groups in total. The predicted octanol–water partition coefficient (Wildman–Crippen LogP) is 2.17. The van der Waals surface area contributed by atoms with E-state index in [0.29, 0.717) is 18.0 Å². The lowest BCUT2D eigenvalue weighted by Gasteiger charge is -2.26. The molecule has 0 saturated carbocycles. The zero-order valence-electron chi connectivity index (χ0n) is 12.6. The zero-order valence-corrected chi connectivity index (χ0v) is 12.6. The molecule has 0 radical (unpaired) electrons. The lowest BCUT2D eigenvalue weighted by molar-refractivity contribution is 0.0814. The summed E-state index contributed by atoms with van der Waals surface area (Å²) in [6.07, 6.45) is 1.63. The van der Waals surface area contributed by atoms with Crippen LogP contribution in [0.25, 0.3) is 0 Å². The molecule has 1 aromatic carbocycles. The summed E-state index contributed by atoms with van der Waals surface area (Å²) in [6, 6.07) is 5.44. The molecule has 4 heteroatoms. The lowest BCUT2D eigenvalue weighted by atomic mass is 10.1. The quantitative estimate of drug-likeness (QED) is 0.863. The van der Waals surface area contributed by atoms with E-state index in [-0.39, 0.29) is 18.5 Å². The van der Waals surface area contributed by atoms with Gasteiger partial charge in [-0.25, -0.2) is 4.39 Å². The Hall–Kier alpha value is -1.41. The van der Waals surface area contributed by atoms with Crippen LogP contribution in [0.15, 0.2) is 18.2 Å². The minimum absolute atomic E-state index is 0.00336. The Morgan fingerprint density at radius 2 is 2.29 bits per heavy atom. The van der Waals surface area contributed by atoms with Gasteiger partial charge >= 0.3 is 0 Å². The number of rotatable bonds is 4. The van der Waals surface area contributed by atoms with E-state index >= 15 is 0 Å². The van der Waals surface area contributed by atoms with Crippen LogP contribution in [0.3, 0.4) is 0 Å². The van der Waals surface area contributed by atoms with E-state index in [1.165, 1.54) is 6.07 Å². The SMILES string of the molecule is CC1OCCC1N(C)Cc1ccc(F)c(C#CCCO)c1. The van der Waals surface area contributed by atoms with Crippen LogP contribution in [0.5, 0.6) is 0 Å². The fraction of sp³-hybridized carbons (Fsp3) is 0.529. The van der Waals surface area contributed by atoms with Gasteiger partial charge in [-0.05, 0) is 38.1 Å². The molecule has 1 aromatic rings. The third-order valence-electron chi connectivity index (χ3n) is 3.82. The van der Waals surface area contributed by atoms with E-state index in [1.54, 1.807) is 12.1 Å². The number of halogens is 1. The van der Waals surface area contributed by atoms with Crippen molar-refractivity contribution in [3.05, 3.63) is 35.1 Å². The van der Waals surface area contributed by atoms with Crippen molar-refractivity contribution in [3.8, 4) is 11.8 Å². The lowest BCUT2D eigenvalue weighted by Crippen LogP contribution is -2.36. The highest BCUT2D eigenvalue weighted by Crippen LogP contribution is 2.20. The van der Waals surface area contributed by atoms with Gasteiger partial charge in [0, 0.05) is 25.6 Å². The van der Waals surface area contributed by atoms with Crippen LogP contribution in [-0.4, -0.2) is 42.4 Å². The summed E-state index contributed by atoms with van der Waals surface area (Å²) < 4.78 is 19.3. The van der Waals surface area contributed by atoms with Crippen molar-refractivity contribution in [2.75, 3.05) is 20.3 Å². The number of hydrogen-bond acceptors (Lipinski definition) is 3. The number of ether oxygens (including phenoxy) is 1. The molecule has 114 valence electrons. The number of hydrogen-bond donors (Lipinski definition) is 1. The van der Waals surface area contributed by atoms with Crippen LogP contribution < -0.4 is 0 Å². The number of likely N-dealkylation sites (N-methyl/N-ethyl adjacent to an activating group) is 1. The van der Waals surface area contributed by atoms with Crippen molar-refractivity contribution in [3.63, 3.8) is 0 Å². The van der Waals surface area contributed by atoms with Crippen LogP contribution in [0.1, 0.15) is 30.9 Å². The molecule has 21 heavy (non-hydrogen) atoms. The molecule has 1 aliphatic heterocycles. The second kappa shape index (κ2) is 7.56. The van der Waals surface area contributed by atoms with Crippen LogP contribution in [0.4, 0.5) is 4.39 Å². The van der Waals surface area contributed by atoms with E-state index in [9.17, 15) is 4.39 Å². The van der Waals surface area contributed by atoms with E-state index in [0.717, 1.165) is 25.1 Å². The third kappa shape index (κ3) is 4.28. The van der Waals surface area contributed by atoms with Crippen LogP contribution in [0, 0.1) is 17.7 Å². The average molecular weight is 291 g/mol. The highest BCUT2D eigenvalue weighted by molar-refractivity contribution is 5.38. The second-order valence-electron chi connectivity index (χ2n) is 5.44. The Kier molecular flexibility index (Phi) is 5.75. The van der Waals surface area contributed by atoms with Gasteiger partial charge in [0.1, 0.15) is 5.82 Å². The second-order valence-corrected chi connectivity index (χ2v) is 5.44. The van der Waals surface area contributed by atoms with E-state index in [1.807, 2.05) is 0 Å². The normalized spacial score (nSPS) is 21.4. The highest BCUT2D eigenvalue weighted by atomic mass is 19.1. The summed E-state index contributed by atoms with van der Waals surface area (Å²) in [5.41, 5.74) is 1.43. The maximum atomic E-state index is 13.7. The topological polar surface area (TPSA) is 32.7 Å². The van der Waals surface area contributed by atoms with Crippen molar-refractivity contribution in [2.45, 2.75) is 38.5 Å². The highest BCUT2D eigenvalue weighted by Gasteiger charge is 2.27. The molecule has 0 amide bonds. The zero-order chi connectivity index (χ0) is 15.2. The molecule has 1 saturated heterocycles. The molecule has 2 rings (SSSR count). The maximum absolute atomic E-state index is 13.7. The molecule has 0 spiro atoms. The van der Waals surface area contributed by atoms with Crippen molar-refractivity contribution < 1.29 is 14.2 Å². The number of nitrogens with zero attached hydrogens (tertiary/aromatic N) is 1. The maximum Gasteiger partial charge on any atom is 0.138 e. The number of benzene rings is 1. The smallest absolute Gasteiger partial charge is 0.138 e. The molecule has 0 bridgehead atoms. The summed E-state index contributed by atoms with van der Waals surface area (Å²) in [5, 5.41) is 8.72. The molecular weight excluding hydrogens is 269 g/mol. The van der Waals surface area contributed by atoms with E-state index in [2.05, 4.69) is 30.7 Å². The molecule has 0 aromatic heterocycles. The molecule has 1 heterocycles. The monoisotopic (exact) mass is 291 g/mol. The Balaban J connectivity index is 2.07. The van der Waals surface area contributed by atoms with Crippen LogP contribution in [-0.2, 0) is 11.3 Å². The molecule has 3 nitrogen and oxygen atoms in total. The van der Waals surface area contributed by atoms with Gasteiger partial charge in [0.15, 0.2) is 0 Å². The molecule has 1 fully saturated rings. The van der Waals surface area contributed by atoms with Gasteiger partial charge in [0.25, 0.3) is 0 Å². The Bertz CT molecular complexity index is 535. The average Bonchev–Trinajstić information content (AvgIpc) is 2.89. The fourth-order valence-electron chi connectivity index (χ4n) is 2.68. The van der Waals surface area contributed by atoms with Crippen LogP contribution >= 0.6 is 0 Å². The van der Waals surface area contributed by atoms with Crippen molar-refractivity contribution in [2.24, 2.45) is 0 Å². The minimum atomic E-state index is -0.315. The van der Waals surface area contributed by atoms with Gasteiger partial charge in [-0.15, -0.1) is 0 Å². The number of aliphatic hydroxyl groups is 1. The largest absolute Gasteiger partial charge is 0.395 e. The fourth-order valence-corrected chi connectivity index (χ4v) is 2.68. The van der Waals surface area contributed by atoms with Crippen molar-refractivity contribution in [1.82, 2.24) is 4.90 Å². The summed E-state index contributed by atoms with van der Waals surface area (Å²) in [6.45, 7) is 3.63. The van der Waals surface area contributed by atoms with Gasteiger partial charge in [-0.3, -0.25) is 4.90 Å². The van der Waals surface area contributed by atoms with Crippen molar-refractivity contribution in [1.29, 1.82) is 0 Å². The van der Waals surface area contributed by atoms with Gasteiger partial charge in [-0.1, -0.05) is 17.9 Å². The van der Waals surface area contributed by atoms with Crippen molar-refractivity contribution >= 4 is 0 Å². The van der Waals surface area contributed by atoms with Gasteiger partial charge in [0.05, 0.1) is 18.3 Å². The van der Waals surface area contributed by atoms with E-state index < -0.39 is 0 Å². The molecule has 1 aliphatic rings. The summed E-state index contributed by atoms with van der Waals surface area (Å²) >= 11 is 0. The van der Waals surface area contributed by atoms with Gasteiger partial charge < -0.3 is 9.84 Å². The predicted molar refractivity (Wildman–Crippen MR) is 80.3 cm³/mol. The molecule has 2 atom stereocenters. The van der Waals surface area contributed by atoms with Gasteiger partial charge in [-0.2, -0.15) is 0 Å². The number of aliphatic hydroxyl groups excluding tert-OH is 1. The first-order valence-corrected chi connectivity index (χ1v) is 7.32. The molecule has 0 aliphatic carbocycles. The van der Waals surface area contributed by atoms with Crippen LogP contribution in [0.2, 0.25) is 0 Å². The Morgan fingerprint density at radius 1 is 1.48 bits per heavy atom. The minimum Gasteiger partial charge on any atom is -0.395 e. The first-order chi connectivity index (χ1) is 10.1. The Morgan fingerprint density at radius 3 is 2.95 bits per heavy atom. The Labute approximate surface area is 125 Å². The summed E-state index contributed by atoms with van der Waals surface area (Å²) in [5.74, 6) is 5.22. The first-order valence-electron chi connectivity index (χ1n) is 7.32. The molecule has 2 unspecified atom stereocenters. The summed E-state index contributed by atoms with van der Waals surface area (Å²) in [7, 11) is 2.07.